The van der Waals surface area contributed by atoms with Crippen molar-refractivity contribution in [1.29, 1.82) is 5.26 Å². The van der Waals surface area contributed by atoms with Gasteiger partial charge >= 0.3 is 0 Å². The number of amides is 1. The lowest BCUT2D eigenvalue weighted by Crippen LogP contribution is -2.13. The number of hydrogen-bond acceptors (Lipinski definition) is 5. The normalized spacial score (nSPS) is 10.9. The Labute approximate surface area is 243 Å². The van der Waals surface area contributed by atoms with Crippen molar-refractivity contribution in [2.75, 3.05) is 11.9 Å². The lowest BCUT2D eigenvalue weighted by Gasteiger charge is -2.13. The van der Waals surface area contributed by atoms with Crippen LogP contribution in [-0.4, -0.2) is 12.5 Å². The molecule has 0 saturated carbocycles. The number of halogens is 2. The van der Waals surface area contributed by atoms with Gasteiger partial charge in [0.1, 0.15) is 30.6 Å². The molecule has 0 heterocycles. The van der Waals surface area contributed by atoms with E-state index in [0.717, 1.165) is 11.1 Å². The quantitative estimate of drug-likeness (QED) is 0.145. The van der Waals surface area contributed by atoms with Gasteiger partial charge < -0.3 is 19.5 Å². The van der Waals surface area contributed by atoms with Crippen molar-refractivity contribution in [3.8, 4) is 23.3 Å². The Morgan fingerprint density at radius 3 is 2.27 bits per heavy atom. The van der Waals surface area contributed by atoms with Gasteiger partial charge in [0.25, 0.3) is 5.91 Å². The van der Waals surface area contributed by atoms with Gasteiger partial charge in [-0.25, -0.2) is 0 Å². The Hall–Kier alpha value is -4.44. The predicted octanol–water partition coefficient (Wildman–Crippen LogP) is 8.10. The molecule has 0 radical (unpaired) electrons. The van der Waals surface area contributed by atoms with Gasteiger partial charge in [-0.3, -0.25) is 4.79 Å². The fraction of sp³-hybridized carbons (Fsp3) is 0.125. The lowest BCUT2D eigenvalue weighted by molar-refractivity contribution is -0.112. The Bertz CT molecular complexity index is 1530. The first-order valence-corrected chi connectivity index (χ1v) is 13.2. The van der Waals surface area contributed by atoms with E-state index < -0.39 is 5.91 Å². The average molecular weight is 573 g/mol. The van der Waals surface area contributed by atoms with Crippen molar-refractivity contribution >= 4 is 40.9 Å². The topological polar surface area (TPSA) is 80.6 Å². The first kappa shape index (κ1) is 28.6. The van der Waals surface area contributed by atoms with Crippen LogP contribution in [0.3, 0.4) is 0 Å². The van der Waals surface area contributed by atoms with Gasteiger partial charge in [0.15, 0.2) is 11.5 Å². The second-order valence-corrected chi connectivity index (χ2v) is 9.41. The average Bonchev–Trinajstić information content (AvgIpc) is 2.97. The minimum atomic E-state index is -0.529. The van der Waals surface area contributed by atoms with Gasteiger partial charge in [0.05, 0.1) is 16.7 Å². The highest BCUT2D eigenvalue weighted by Crippen LogP contribution is 2.31. The standard InChI is InChI=1S/C32H26Cl2N2O4/c1-2-38-31-18-23(9-15-30(31)40-21-24-8-14-28(33)29(34)17-24)16-25(19-35)32(37)36-26-10-12-27(13-11-26)39-20-22-6-4-3-5-7-22/h3-18H,2,20-21H2,1H3,(H,36,37)/b25-16+. The summed E-state index contributed by atoms with van der Waals surface area (Å²) in [5.74, 6) is 1.14. The van der Waals surface area contributed by atoms with Crippen molar-refractivity contribution in [3.63, 3.8) is 0 Å². The van der Waals surface area contributed by atoms with Crippen LogP contribution >= 0.6 is 23.2 Å². The maximum atomic E-state index is 12.8. The number of nitriles is 1. The summed E-state index contributed by atoms with van der Waals surface area (Å²) in [7, 11) is 0. The van der Waals surface area contributed by atoms with Crippen molar-refractivity contribution < 1.29 is 19.0 Å². The zero-order chi connectivity index (χ0) is 28.3. The van der Waals surface area contributed by atoms with E-state index >= 15 is 0 Å². The third-order valence-electron chi connectivity index (χ3n) is 5.68. The molecule has 0 atom stereocenters. The summed E-state index contributed by atoms with van der Waals surface area (Å²) in [6.45, 7) is 2.97. The molecule has 40 heavy (non-hydrogen) atoms. The summed E-state index contributed by atoms with van der Waals surface area (Å²) < 4.78 is 17.5. The molecule has 8 heteroatoms. The largest absolute Gasteiger partial charge is 0.490 e. The molecule has 4 aromatic carbocycles. The predicted molar refractivity (Wildman–Crippen MR) is 158 cm³/mol. The Kier molecular flexibility index (Phi) is 10.1. The molecule has 0 aliphatic heterocycles. The third kappa shape index (κ3) is 8.03. The first-order chi connectivity index (χ1) is 19.4. The molecule has 0 unspecified atom stereocenters. The van der Waals surface area contributed by atoms with Gasteiger partial charge in [0, 0.05) is 5.69 Å². The maximum absolute atomic E-state index is 12.8. The third-order valence-corrected chi connectivity index (χ3v) is 6.42. The molecule has 0 spiro atoms. The van der Waals surface area contributed by atoms with Gasteiger partial charge in [-0.2, -0.15) is 5.26 Å². The SMILES string of the molecule is CCOc1cc(/C=C(\C#N)C(=O)Nc2ccc(OCc3ccccc3)cc2)ccc1OCc1ccc(Cl)c(Cl)c1. The molecule has 0 aliphatic rings. The minimum Gasteiger partial charge on any atom is -0.490 e. The molecule has 0 aliphatic carbocycles. The van der Waals surface area contributed by atoms with E-state index in [2.05, 4.69) is 5.32 Å². The molecule has 4 aromatic rings. The fourth-order valence-corrected chi connectivity index (χ4v) is 4.00. The zero-order valence-corrected chi connectivity index (χ0v) is 23.2. The van der Waals surface area contributed by atoms with Crippen molar-refractivity contribution in [2.45, 2.75) is 20.1 Å². The maximum Gasteiger partial charge on any atom is 0.266 e. The smallest absolute Gasteiger partial charge is 0.266 e. The number of anilines is 1. The van der Waals surface area contributed by atoms with Crippen LogP contribution in [0.2, 0.25) is 10.0 Å². The van der Waals surface area contributed by atoms with Gasteiger partial charge in [-0.1, -0.05) is 65.7 Å². The molecule has 6 nitrogen and oxygen atoms in total. The van der Waals surface area contributed by atoms with Gasteiger partial charge in [-0.15, -0.1) is 0 Å². The summed E-state index contributed by atoms with van der Waals surface area (Å²) in [5.41, 5.74) is 3.00. The zero-order valence-electron chi connectivity index (χ0n) is 21.7. The number of carbonyl (C=O) groups is 1. The van der Waals surface area contributed by atoms with Crippen LogP contribution < -0.4 is 19.5 Å². The summed E-state index contributed by atoms with van der Waals surface area (Å²) in [4.78, 5) is 12.8. The second-order valence-electron chi connectivity index (χ2n) is 8.60. The highest BCUT2D eigenvalue weighted by atomic mass is 35.5. The summed E-state index contributed by atoms with van der Waals surface area (Å²) in [6.07, 6.45) is 1.50. The second kappa shape index (κ2) is 14.1. The number of nitrogens with one attached hydrogen (secondary N) is 1. The van der Waals surface area contributed by atoms with Crippen LogP contribution in [0.4, 0.5) is 5.69 Å². The first-order valence-electron chi connectivity index (χ1n) is 12.5. The highest BCUT2D eigenvalue weighted by Gasteiger charge is 2.12. The molecule has 1 N–H and O–H groups in total. The lowest BCUT2D eigenvalue weighted by atomic mass is 10.1. The number of hydrogen-bond donors (Lipinski definition) is 1. The molecule has 0 fully saturated rings. The van der Waals surface area contributed by atoms with E-state index in [1.54, 1.807) is 54.6 Å². The number of rotatable bonds is 11. The molecule has 202 valence electrons. The van der Waals surface area contributed by atoms with E-state index in [1.165, 1.54) is 6.08 Å². The van der Waals surface area contributed by atoms with Crippen molar-refractivity contribution in [2.24, 2.45) is 0 Å². The number of benzene rings is 4. The number of ether oxygens (including phenoxy) is 3. The number of carbonyl (C=O) groups excluding carboxylic acids is 1. The van der Waals surface area contributed by atoms with Gasteiger partial charge in [-0.05, 0) is 78.2 Å². The van der Waals surface area contributed by atoms with E-state index in [0.29, 0.717) is 51.8 Å². The van der Waals surface area contributed by atoms with Crippen LogP contribution in [-0.2, 0) is 18.0 Å². The van der Waals surface area contributed by atoms with Crippen LogP contribution in [0.25, 0.3) is 6.08 Å². The summed E-state index contributed by atoms with van der Waals surface area (Å²) >= 11 is 12.1. The number of nitrogens with zero attached hydrogens (tertiary/aromatic N) is 1. The molecule has 0 aromatic heterocycles. The monoisotopic (exact) mass is 572 g/mol. The molecule has 0 bridgehead atoms. The van der Waals surface area contributed by atoms with Crippen LogP contribution in [0.15, 0.2) is 96.6 Å². The Morgan fingerprint density at radius 2 is 1.57 bits per heavy atom. The molecule has 4 rings (SSSR count). The Morgan fingerprint density at radius 1 is 0.825 bits per heavy atom. The van der Waals surface area contributed by atoms with Crippen LogP contribution in [0.1, 0.15) is 23.6 Å². The molecular weight excluding hydrogens is 547 g/mol. The van der Waals surface area contributed by atoms with Crippen molar-refractivity contribution in [1.82, 2.24) is 0 Å². The minimum absolute atomic E-state index is 0.0590. The summed E-state index contributed by atoms with van der Waals surface area (Å²) in [5, 5.41) is 13.3. The van der Waals surface area contributed by atoms with Gasteiger partial charge in [0.2, 0.25) is 0 Å². The van der Waals surface area contributed by atoms with Crippen LogP contribution in [0, 0.1) is 11.3 Å². The van der Waals surface area contributed by atoms with E-state index in [1.807, 2.05) is 49.4 Å². The highest BCUT2D eigenvalue weighted by molar-refractivity contribution is 6.42. The van der Waals surface area contributed by atoms with E-state index in [9.17, 15) is 10.1 Å². The van der Waals surface area contributed by atoms with E-state index in [-0.39, 0.29) is 12.2 Å². The molecular formula is C32H26Cl2N2O4. The molecule has 1 amide bonds. The van der Waals surface area contributed by atoms with Crippen LogP contribution in [0.5, 0.6) is 17.2 Å². The fourth-order valence-electron chi connectivity index (χ4n) is 3.68. The van der Waals surface area contributed by atoms with Crippen molar-refractivity contribution in [3.05, 3.63) is 123 Å². The molecule has 0 saturated heterocycles. The summed E-state index contributed by atoms with van der Waals surface area (Å²) in [6, 6.07) is 29.3. The Balaban J connectivity index is 1.41. The van der Waals surface area contributed by atoms with E-state index in [4.69, 9.17) is 37.4 Å².